The van der Waals surface area contributed by atoms with Gasteiger partial charge >= 0.3 is 5.97 Å². The third-order valence-corrected chi connectivity index (χ3v) is 4.86. The molecule has 6 nitrogen and oxygen atoms in total. The summed E-state index contributed by atoms with van der Waals surface area (Å²) in [6.07, 6.45) is -1.08. The molecule has 3 rings (SSSR count). The van der Waals surface area contributed by atoms with Crippen molar-refractivity contribution in [3.8, 4) is 5.75 Å². The number of rotatable bonds is 6. The Labute approximate surface area is 161 Å². The Morgan fingerprint density at radius 2 is 1.93 bits per heavy atom. The number of carbonyl (C=O) groups excluding carboxylic acids is 1. The van der Waals surface area contributed by atoms with Gasteiger partial charge in [0.25, 0.3) is 0 Å². The molecule has 0 bridgehead atoms. The number of ether oxygens (including phenoxy) is 1. The second-order valence-electron chi connectivity index (χ2n) is 6.79. The van der Waals surface area contributed by atoms with Gasteiger partial charge in [0, 0.05) is 34.8 Å². The van der Waals surface area contributed by atoms with Crippen LogP contribution in [0, 0.1) is 19.7 Å². The van der Waals surface area contributed by atoms with Gasteiger partial charge in [-0.2, -0.15) is 0 Å². The number of amides is 1. The number of hydrogen-bond donors (Lipinski definition) is 2. The van der Waals surface area contributed by atoms with Crippen molar-refractivity contribution in [3.63, 3.8) is 0 Å². The van der Waals surface area contributed by atoms with Gasteiger partial charge in [-0.25, -0.2) is 9.18 Å². The number of halogens is 1. The van der Waals surface area contributed by atoms with E-state index in [2.05, 4.69) is 0 Å². The van der Waals surface area contributed by atoms with Crippen molar-refractivity contribution in [1.82, 2.24) is 4.57 Å². The Balaban J connectivity index is 2.01. The number of fused-ring (bicyclic) bond motifs is 1. The molecule has 146 valence electrons. The average Bonchev–Trinajstić information content (AvgIpc) is 2.85. The zero-order valence-corrected chi connectivity index (χ0v) is 15.8. The monoisotopic (exact) mass is 384 g/mol. The quantitative estimate of drug-likeness (QED) is 0.681. The lowest BCUT2D eigenvalue weighted by molar-refractivity contribution is -0.144. The van der Waals surface area contributed by atoms with Crippen LogP contribution in [0.25, 0.3) is 10.9 Å². The highest BCUT2D eigenvalue weighted by molar-refractivity contribution is 5.98. The van der Waals surface area contributed by atoms with E-state index in [1.54, 1.807) is 18.2 Å². The number of primary amides is 1. The predicted octanol–water partition coefficient (Wildman–Crippen LogP) is 3.40. The molecule has 0 aliphatic heterocycles. The van der Waals surface area contributed by atoms with Crippen molar-refractivity contribution in [2.75, 3.05) is 0 Å². The molecule has 1 amide bonds. The molecule has 1 heterocycles. The lowest BCUT2D eigenvalue weighted by atomic mass is 10.1. The van der Waals surface area contributed by atoms with Crippen LogP contribution in [0.15, 0.2) is 36.4 Å². The van der Waals surface area contributed by atoms with Crippen LogP contribution in [0.5, 0.6) is 5.75 Å². The zero-order chi connectivity index (χ0) is 20.6. The molecule has 0 aliphatic rings. The first-order valence-corrected chi connectivity index (χ1v) is 8.75. The van der Waals surface area contributed by atoms with E-state index in [0.29, 0.717) is 17.7 Å². The first kappa shape index (κ1) is 19.4. The number of hydrogen-bond acceptors (Lipinski definition) is 3. The Morgan fingerprint density at radius 3 is 2.57 bits per heavy atom. The second kappa shape index (κ2) is 7.34. The van der Waals surface area contributed by atoms with Crippen LogP contribution in [-0.4, -0.2) is 27.7 Å². The fraction of sp³-hybridized carbons (Fsp3) is 0.238. The van der Waals surface area contributed by atoms with Gasteiger partial charge < -0.3 is 20.1 Å². The molecule has 2 aromatic carbocycles. The highest BCUT2D eigenvalue weighted by Crippen LogP contribution is 2.28. The average molecular weight is 384 g/mol. The molecule has 0 saturated carbocycles. The number of aliphatic carboxylic acids is 1. The Bertz CT molecular complexity index is 1090. The minimum absolute atomic E-state index is 0.159. The molecule has 0 spiro atoms. The molecule has 7 heteroatoms. The van der Waals surface area contributed by atoms with Gasteiger partial charge in [-0.3, -0.25) is 4.79 Å². The Hall–Kier alpha value is -3.35. The molecule has 0 fully saturated rings. The van der Waals surface area contributed by atoms with Crippen molar-refractivity contribution in [2.45, 2.75) is 33.4 Å². The number of benzene rings is 2. The van der Waals surface area contributed by atoms with Gasteiger partial charge in [-0.1, -0.05) is 0 Å². The highest BCUT2D eigenvalue weighted by Gasteiger charge is 2.16. The van der Waals surface area contributed by atoms with Gasteiger partial charge in [0.2, 0.25) is 5.91 Å². The molecule has 1 unspecified atom stereocenters. The summed E-state index contributed by atoms with van der Waals surface area (Å²) in [5.41, 5.74) is 9.31. The van der Waals surface area contributed by atoms with Gasteiger partial charge in [0.05, 0.1) is 0 Å². The van der Waals surface area contributed by atoms with E-state index in [1.807, 2.05) is 24.5 Å². The van der Waals surface area contributed by atoms with Gasteiger partial charge in [-0.05, 0) is 62.2 Å². The summed E-state index contributed by atoms with van der Waals surface area (Å²) in [4.78, 5) is 22.4. The minimum Gasteiger partial charge on any atom is -0.479 e. The highest BCUT2D eigenvalue weighted by atomic mass is 19.1. The van der Waals surface area contributed by atoms with Crippen molar-refractivity contribution in [1.29, 1.82) is 0 Å². The van der Waals surface area contributed by atoms with Crippen LogP contribution in [0.1, 0.15) is 34.1 Å². The summed E-state index contributed by atoms with van der Waals surface area (Å²) in [6, 6.07) is 9.41. The summed E-state index contributed by atoms with van der Waals surface area (Å²) in [5.74, 6) is -1.97. The molecule has 0 aliphatic carbocycles. The van der Waals surface area contributed by atoms with E-state index in [9.17, 15) is 14.0 Å². The van der Waals surface area contributed by atoms with Gasteiger partial charge in [0.1, 0.15) is 11.6 Å². The number of nitrogens with two attached hydrogens (primary N) is 1. The predicted molar refractivity (Wildman–Crippen MR) is 103 cm³/mol. The first-order chi connectivity index (χ1) is 13.2. The fourth-order valence-corrected chi connectivity index (χ4v) is 3.22. The van der Waals surface area contributed by atoms with Gasteiger partial charge in [0.15, 0.2) is 6.10 Å². The first-order valence-electron chi connectivity index (χ1n) is 8.75. The molecule has 28 heavy (non-hydrogen) atoms. The van der Waals surface area contributed by atoms with Crippen LogP contribution in [-0.2, 0) is 11.3 Å². The molecule has 0 saturated heterocycles. The van der Waals surface area contributed by atoms with E-state index < -0.39 is 23.8 Å². The smallest absolute Gasteiger partial charge is 0.344 e. The SMILES string of the molecule is Cc1c(C)n(Cc2cc(F)cc(OC(C)C(=O)O)c2)c2ccc(C(N)=O)cc12. The lowest BCUT2D eigenvalue weighted by Gasteiger charge is -2.13. The fourth-order valence-electron chi connectivity index (χ4n) is 3.22. The van der Waals surface area contributed by atoms with Crippen LogP contribution >= 0.6 is 0 Å². The maximum atomic E-state index is 14.1. The van der Waals surface area contributed by atoms with Crippen molar-refractivity contribution >= 4 is 22.8 Å². The zero-order valence-electron chi connectivity index (χ0n) is 15.8. The standard InChI is InChI=1S/C21H21FN2O4/c1-11-12(2)24(19-5-4-15(20(23)25)8-18(11)19)10-14-6-16(22)9-17(7-14)28-13(3)21(26)27/h4-9,13H,10H2,1-3H3,(H2,23,25)(H,26,27). The Kier molecular flexibility index (Phi) is 5.09. The topological polar surface area (TPSA) is 94.6 Å². The second-order valence-corrected chi connectivity index (χ2v) is 6.79. The van der Waals surface area contributed by atoms with Crippen molar-refractivity contribution in [2.24, 2.45) is 5.73 Å². The van der Waals surface area contributed by atoms with Crippen LogP contribution < -0.4 is 10.5 Å². The van der Waals surface area contributed by atoms with Crippen LogP contribution in [0.4, 0.5) is 4.39 Å². The molecule has 3 aromatic rings. The van der Waals surface area contributed by atoms with E-state index in [0.717, 1.165) is 28.2 Å². The summed E-state index contributed by atoms with van der Waals surface area (Å²) in [5, 5.41) is 9.88. The number of aromatic nitrogens is 1. The van der Waals surface area contributed by atoms with Crippen molar-refractivity contribution < 1.29 is 23.8 Å². The van der Waals surface area contributed by atoms with Crippen LogP contribution in [0.3, 0.4) is 0 Å². The van der Waals surface area contributed by atoms with E-state index in [1.165, 1.54) is 13.0 Å². The molecular weight excluding hydrogens is 363 g/mol. The number of aryl methyl sites for hydroxylation is 1. The molecule has 3 N–H and O–H groups in total. The van der Waals surface area contributed by atoms with Gasteiger partial charge in [-0.15, -0.1) is 0 Å². The van der Waals surface area contributed by atoms with E-state index in [4.69, 9.17) is 15.6 Å². The number of carboxylic acids is 1. The third kappa shape index (κ3) is 3.69. The molecular formula is C21H21FN2O4. The number of carbonyl (C=O) groups is 2. The normalized spacial score (nSPS) is 12.1. The summed E-state index contributed by atoms with van der Waals surface area (Å²) in [6.45, 7) is 5.65. The number of nitrogens with zero attached hydrogens (tertiary/aromatic N) is 1. The molecule has 1 atom stereocenters. The largest absolute Gasteiger partial charge is 0.479 e. The third-order valence-electron chi connectivity index (χ3n) is 4.86. The maximum absolute atomic E-state index is 14.1. The van der Waals surface area contributed by atoms with Crippen molar-refractivity contribution in [3.05, 3.63) is 64.6 Å². The summed E-state index contributed by atoms with van der Waals surface area (Å²) < 4.78 is 21.4. The van der Waals surface area contributed by atoms with Crippen LogP contribution in [0.2, 0.25) is 0 Å². The lowest BCUT2D eigenvalue weighted by Crippen LogP contribution is -2.23. The Morgan fingerprint density at radius 1 is 1.21 bits per heavy atom. The molecule has 1 aromatic heterocycles. The minimum atomic E-state index is -1.13. The maximum Gasteiger partial charge on any atom is 0.344 e. The summed E-state index contributed by atoms with van der Waals surface area (Å²) >= 11 is 0. The molecule has 0 radical (unpaired) electrons. The van der Waals surface area contributed by atoms with E-state index >= 15 is 0 Å². The number of carboxylic acid groups (broad SMARTS) is 1. The summed E-state index contributed by atoms with van der Waals surface area (Å²) in [7, 11) is 0. The van der Waals surface area contributed by atoms with E-state index in [-0.39, 0.29) is 5.75 Å².